The fourth-order valence-corrected chi connectivity index (χ4v) is 2.36. The topological polar surface area (TPSA) is 49.6 Å². The summed E-state index contributed by atoms with van der Waals surface area (Å²) in [7, 11) is 0. The van der Waals surface area contributed by atoms with E-state index in [0.29, 0.717) is 12.1 Å². The summed E-state index contributed by atoms with van der Waals surface area (Å²) in [6.45, 7) is 0. The molecule has 100 valence electrons. The van der Waals surface area contributed by atoms with Gasteiger partial charge in [-0.25, -0.2) is 4.98 Å². The summed E-state index contributed by atoms with van der Waals surface area (Å²) >= 11 is 0. The van der Waals surface area contributed by atoms with Crippen molar-refractivity contribution in [1.82, 2.24) is 9.97 Å². The highest BCUT2D eigenvalue weighted by molar-refractivity contribution is 5.68. The summed E-state index contributed by atoms with van der Waals surface area (Å²) in [4.78, 5) is 8.36. The lowest BCUT2D eigenvalue weighted by Gasteiger charge is -2.10. The van der Waals surface area contributed by atoms with Gasteiger partial charge in [0, 0.05) is 36.1 Å². The Morgan fingerprint density at radius 3 is 2.52 bits per heavy atom. The van der Waals surface area contributed by atoms with E-state index in [2.05, 4.69) is 28.2 Å². The van der Waals surface area contributed by atoms with E-state index in [1.165, 1.54) is 0 Å². The molecular formula is C18H13N3. The van der Waals surface area contributed by atoms with Gasteiger partial charge in [0.2, 0.25) is 0 Å². The van der Waals surface area contributed by atoms with Gasteiger partial charge in [-0.15, -0.1) is 0 Å². The third kappa shape index (κ3) is 2.80. The average Bonchev–Trinajstić information content (AvgIpc) is 2.57. The largest absolute Gasteiger partial charge is 0.264 e. The second-order valence-corrected chi connectivity index (χ2v) is 4.70. The smallest absolute Gasteiger partial charge is 0.144 e. The summed E-state index contributed by atoms with van der Waals surface area (Å²) in [6, 6.07) is 18.1. The molecular weight excluding hydrogens is 258 g/mol. The molecule has 0 spiro atoms. The van der Waals surface area contributed by atoms with Gasteiger partial charge >= 0.3 is 0 Å². The molecule has 0 radical (unpaired) electrons. The van der Waals surface area contributed by atoms with Crippen LogP contribution in [0.2, 0.25) is 0 Å². The average molecular weight is 271 g/mol. The van der Waals surface area contributed by atoms with Gasteiger partial charge in [0.1, 0.15) is 11.8 Å². The van der Waals surface area contributed by atoms with Crippen molar-refractivity contribution >= 4 is 0 Å². The highest BCUT2D eigenvalue weighted by Crippen LogP contribution is 2.26. The number of nitriles is 1. The Kier molecular flexibility index (Phi) is 3.70. The van der Waals surface area contributed by atoms with E-state index >= 15 is 0 Å². The summed E-state index contributed by atoms with van der Waals surface area (Å²) in [5.74, 6) is 0. The zero-order valence-electron chi connectivity index (χ0n) is 11.4. The summed E-state index contributed by atoms with van der Waals surface area (Å²) < 4.78 is 0. The Balaban J connectivity index is 2.11. The van der Waals surface area contributed by atoms with Crippen LogP contribution in [0.15, 0.2) is 67.1 Å². The molecule has 2 heterocycles. The molecule has 0 aliphatic carbocycles. The first-order valence-electron chi connectivity index (χ1n) is 6.71. The Hall–Kier alpha value is -2.99. The molecule has 0 atom stereocenters. The predicted octanol–water partition coefficient (Wildman–Crippen LogP) is 3.61. The van der Waals surface area contributed by atoms with Crippen LogP contribution < -0.4 is 0 Å². The van der Waals surface area contributed by atoms with Crippen molar-refractivity contribution in [3.05, 3.63) is 83.9 Å². The van der Waals surface area contributed by atoms with Crippen LogP contribution in [0.4, 0.5) is 0 Å². The van der Waals surface area contributed by atoms with Gasteiger partial charge in [-0.1, -0.05) is 36.4 Å². The van der Waals surface area contributed by atoms with E-state index in [0.717, 1.165) is 22.3 Å². The van der Waals surface area contributed by atoms with Crippen molar-refractivity contribution in [2.24, 2.45) is 0 Å². The van der Waals surface area contributed by atoms with Crippen LogP contribution in [0.25, 0.3) is 11.1 Å². The van der Waals surface area contributed by atoms with Crippen LogP contribution in [0.5, 0.6) is 0 Å². The molecule has 0 saturated carbocycles. The fraction of sp³-hybridized carbons (Fsp3) is 0.0556. The van der Waals surface area contributed by atoms with Gasteiger partial charge in [-0.2, -0.15) is 5.26 Å². The monoisotopic (exact) mass is 271 g/mol. The molecule has 3 rings (SSSR count). The van der Waals surface area contributed by atoms with E-state index < -0.39 is 0 Å². The van der Waals surface area contributed by atoms with Crippen LogP contribution in [0.1, 0.15) is 16.8 Å². The van der Waals surface area contributed by atoms with E-state index in [4.69, 9.17) is 0 Å². The molecule has 3 nitrogen and oxygen atoms in total. The minimum Gasteiger partial charge on any atom is -0.264 e. The standard InChI is InChI=1S/C18H13N3/c19-12-18-17(11-14-5-2-1-3-6-14)16(8-10-21-18)15-7-4-9-20-13-15/h1-10,13H,11H2. The molecule has 0 fully saturated rings. The summed E-state index contributed by atoms with van der Waals surface area (Å²) in [5.41, 5.74) is 4.59. The molecule has 1 aromatic carbocycles. The number of hydrogen-bond acceptors (Lipinski definition) is 3. The maximum Gasteiger partial charge on any atom is 0.144 e. The number of pyridine rings is 2. The third-order valence-electron chi connectivity index (χ3n) is 3.36. The summed E-state index contributed by atoms with van der Waals surface area (Å²) in [5, 5.41) is 9.34. The van der Waals surface area contributed by atoms with Crippen LogP contribution in [0, 0.1) is 11.3 Å². The molecule has 0 bridgehead atoms. The lowest BCUT2D eigenvalue weighted by Crippen LogP contribution is -1.99. The Morgan fingerprint density at radius 2 is 1.81 bits per heavy atom. The maximum absolute atomic E-state index is 9.34. The molecule has 0 aliphatic heterocycles. The SMILES string of the molecule is N#Cc1nccc(-c2cccnc2)c1Cc1ccccc1. The van der Waals surface area contributed by atoms with Gasteiger partial charge in [-0.3, -0.25) is 4.98 Å². The number of rotatable bonds is 3. The lowest BCUT2D eigenvalue weighted by atomic mass is 9.95. The van der Waals surface area contributed by atoms with Crippen LogP contribution in [0.3, 0.4) is 0 Å². The number of nitrogens with zero attached hydrogens (tertiary/aromatic N) is 3. The number of benzene rings is 1. The molecule has 3 aromatic rings. The van der Waals surface area contributed by atoms with E-state index in [-0.39, 0.29) is 0 Å². The maximum atomic E-state index is 9.34. The first-order valence-corrected chi connectivity index (χ1v) is 6.71. The van der Waals surface area contributed by atoms with E-state index in [1.807, 2.05) is 42.6 Å². The second-order valence-electron chi connectivity index (χ2n) is 4.70. The molecule has 0 N–H and O–H groups in total. The first-order chi connectivity index (χ1) is 10.4. The number of hydrogen-bond donors (Lipinski definition) is 0. The van der Waals surface area contributed by atoms with Crippen molar-refractivity contribution < 1.29 is 0 Å². The Bertz CT molecular complexity index is 775. The van der Waals surface area contributed by atoms with Gasteiger partial charge in [-0.05, 0) is 23.3 Å². The first kappa shape index (κ1) is 13.0. The van der Waals surface area contributed by atoms with E-state index in [1.54, 1.807) is 12.4 Å². The predicted molar refractivity (Wildman–Crippen MR) is 81.4 cm³/mol. The van der Waals surface area contributed by atoms with Gasteiger partial charge in [0.05, 0.1) is 0 Å². The second kappa shape index (κ2) is 5.98. The normalized spacial score (nSPS) is 10.0. The van der Waals surface area contributed by atoms with Crippen molar-refractivity contribution in [3.8, 4) is 17.2 Å². The van der Waals surface area contributed by atoms with Crippen LogP contribution >= 0.6 is 0 Å². The van der Waals surface area contributed by atoms with Gasteiger partial charge in [0.15, 0.2) is 0 Å². The molecule has 0 saturated heterocycles. The van der Waals surface area contributed by atoms with Gasteiger partial charge in [0.25, 0.3) is 0 Å². The van der Waals surface area contributed by atoms with Crippen LogP contribution in [-0.2, 0) is 6.42 Å². The number of aromatic nitrogens is 2. The van der Waals surface area contributed by atoms with Crippen molar-refractivity contribution in [3.63, 3.8) is 0 Å². The molecule has 3 heteroatoms. The van der Waals surface area contributed by atoms with Crippen molar-refractivity contribution in [2.75, 3.05) is 0 Å². The fourth-order valence-electron chi connectivity index (χ4n) is 2.36. The zero-order valence-corrected chi connectivity index (χ0v) is 11.4. The van der Waals surface area contributed by atoms with E-state index in [9.17, 15) is 5.26 Å². The molecule has 0 amide bonds. The minimum absolute atomic E-state index is 0.472. The quantitative estimate of drug-likeness (QED) is 0.731. The highest BCUT2D eigenvalue weighted by atomic mass is 14.7. The van der Waals surface area contributed by atoms with Gasteiger partial charge < -0.3 is 0 Å². The molecule has 21 heavy (non-hydrogen) atoms. The minimum atomic E-state index is 0.472. The Labute approximate surface area is 123 Å². The zero-order chi connectivity index (χ0) is 14.5. The molecule has 0 unspecified atom stereocenters. The summed E-state index contributed by atoms with van der Waals surface area (Å²) in [6.07, 6.45) is 5.91. The highest BCUT2D eigenvalue weighted by Gasteiger charge is 2.12. The van der Waals surface area contributed by atoms with Crippen LogP contribution in [-0.4, -0.2) is 9.97 Å². The third-order valence-corrected chi connectivity index (χ3v) is 3.36. The lowest BCUT2D eigenvalue weighted by molar-refractivity contribution is 1.12. The van der Waals surface area contributed by atoms with Crippen molar-refractivity contribution in [2.45, 2.75) is 6.42 Å². The Morgan fingerprint density at radius 1 is 0.952 bits per heavy atom. The molecule has 2 aromatic heterocycles. The molecule has 0 aliphatic rings. The van der Waals surface area contributed by atoms with Crippen molar-refractivity contribution in [1.29, 1.82) is 5.26 Å².